The lowest BCUT2D eigenvalue weighted by Gasteiger charge is -2.25. The molecule has 1 atom stereocenters. The van der Waals surface area contributed by atoms with Gasteiger partial charge in [0.2, 0.25) is 0 Å². The Morgan fingerprint density at radius 3 is 2.67 bits per heavy atom. The largest absolute Gasteiger partial charge is 0.467 e. The van der Waals surface area contributed by atoms with E-state index in [1.807, 2.05) is 36.4 Å². The minimum atomic E-state index is -0.362. The number of ether oxygens (including phenoxy) is 2. The van der Waals surface area contributed by atoms with Gasteiger partial charge in [-0.2, -0.15) is 0 Å². The number of fused-ring (bicyclic) bond motifs is 2. The first-order valence-corrected chi connectivity index (χ1v) is 8.30. The zero-order valence-corrected chi connectivity index (χ0v) is 14.3. The van der Waals surface area contributed by atoms with E-state index < -0.39 is 0 Å². The molecule has 0 saturated carbocycles. The molecule has 4 nitrogen and oxygen atoms in total. The molecule has 1 heterocycles. The number of nitrogens with one attached hydrogen (secondary N) is 1. The number of hydrogen-bond donors (Lipinski definition) is 1. The number of carbonyl (C=O) groups excluding carboxylic acids is 1. The van der Waals surface area contributed by atoms with Crippen molar-refractivity contribution in [2.45, 2.75) is 32.7 Å². The Labute approximate surface area is 142 Å². The third-order valence-corrected chi connectivity index (χ3v) is 4.22. The maximum absolute atomic E-state index is 12.1. The molecule has 0 fully saturated rings. The summed E-state index contributed by atoms with van der Waals surface area (Å²) in [4.78, 5) is 12.1. The van der Waals surface area contributed by atoms with Crippen LogP contribution in [0.2, 0.25) is 0 Å². The van der Waals surface area contributed by atoms with Gasteiger partial charge in [0.05, 0.1) is 7.11 Å². The van der Waals surface area contributed by atoms with Crippen LogP contribution in [-0.4, -0.2) is 19.1 Å². The predicted molar refractivity (Wildman–Crippen MR) is 94.6 cm³/mol. The summed E-state index contributed by atoms with van der Waals surface area (Å²) >= 11 is 0. The standard InChI is InChI=1S/C20H23NO3/c1-13(2)11-17(20(22)23-3)21-16-8-6-10-19-15(16)12-14-7-4-5-9-18(14)24-19/h4-10,13,17,21H,11-12H2,1-3H3/t17-/m0/s1. The van der Waals surface area contributed by atoms with E-state index in [9.17, 15) is 4.79 Å². The first kappa shape index (κ1) is 16.4. The minimum absolute atomic E-state index is 0.238. The minimum Gasteiger partial charge on any atom is -0.467 e. The number of para-hydroxylation sites is 1. The monoisotopic (exact) mass is 325 g/mol. The van der Waals surface area contributed by atoms with Crippen molar-refractivity contribution in [3.8, 4) is 11.5 Å². The van der Waals surface area contributed by atoms with Crippen molar-refractivity contribution in [2.24, 2.45) is 5.92 Å². The smallest absolute Gasteiger partial charge is 0.328 e. The van der Waals surface area contributed by atoms with Crippen LogP contribution in [0.25, 0.3) is 0 Å². The fourth-order valence-corrected chi connectivity index (χ4v) is 3.05. The normalized spacial score (nSPS) is 13.5. The number of benzene rings is 2. The number of anilines is 1. The molecule has 4 heteroatoms. The van der Waals surface area contributed by atoms with Gasteiger partial charge in [-0.3, -0.25) is 0 Å². The second kappa shape index (κ2) is 6.95. The summed E-state index contributed by atoms with van der Waals surface area (Å²) in [5.41, 5.74) is 3.16. The highest BCUT2D eigenvalue weighted by molar-refractivity contribution is 5.80. The molecule has 2 aromatic rings. The van der Waals surface area contributed by atoms with Gasteiger partial charge in [0.15, 0.2) is 0 Å². The fourth-order valence-electron chi connectivity index (χ4n) is 3.05. The number of methoxy groups -OCH3 is 1. The van der Waals surface area contributed by atoms with Crippen LogP contribution < -0.4 is 10.1 Å². The quantitative estimate of drug-likeness (QED) is 0.707. The van der Waals surface area contributed by atoms with E-state index in [4.69, 9.17) is 9.47 Å². The Balaban J connectivity index is 1.89. The van der Waals surface area contributed by atoms with Crippen LogP contribution in [0.15, 0.2) is 42.5 Å². The molecular formula is C20H23NO3. The average Bonchev–Trinajstić information content (AvgIpc) is 2.58. The van der Waals surface area contributed by atoms with Crippen molar-refractivity contribution in [3.63, 3.8) is 0 Å². The van der Waals surface area contributed by atoms with Crippen molar-refractivity contribution in [3.05, 3.63) is 53.6 Å². The molecule has 1 aliphatic heterocycles. The third kappa shape index (κ3) is 3.37. The summed E-state index contributed by atoms with van der Waals surface area (Å²) < 4.78 is 11.0. The van der Waals surface area contributed by atoms with Crippen molar-refractivity contribution >= 4 is 11.7 Å². The second-order valence-corrected chi connectivity index (χ2v) is 6.52. The molecule has 126 valence electrons. The Kier molecular flexibility index (Phi) is 4.74. The van der Waals surface area contributed by atoms with E-state index in [-0.39, 0.29) is 12.0 Å². The highest BCUT2D eigenvalue weighted by atomic mass is 16.5. The molecular weight excluding hydrogens is 302 g/mol. The van der Waals surface area contributed by atoms with Crippen LogP contribution in [0.1, 0.15) is 31.4 Å². The number of rotatable bonds is 5. The Morgan fingerprint density at radius 1 is 1.17 bits per heavy atom. The van der Waals surface area contributed by atoms with Crippen LogP contribution in [0, 0.1) is 5.92 Å². The summed E-state index contributed by atoms with van der Waals surface area (Å²) in [5.74, 6) is 1.89. The van der Waals surface area contributed by atoms with E-state index in [2.05, 4.69) is 25.2 Å². The molecule has 0 saturated heterocycles. The average molecular weight is 325 g/mol. The summed E-state index contributed by atoms with van der Waals surface area (Å²) in [6, 6.07) is 13.6. The lowest BCUT2D eigenvalue weighted by molar-refractivity contribution is -0.141. The molecule has 0 spiro atoms. The molecule has 2 aromatic carbocycles. The van der Waals surface area contributed by atoms with Crippen LogP contribution in [-0.2, 0) is 16.0 Å². The highest BCUT2D eigenvalue weighted by Crippen LogP contribution is 2.40. The predicted octanol–water partition coefficient (Wildman–Crippen LogP) is 4.38. The van der Waals surface area contributed by atoms with Gasteiger partial charge >= 0.3 is 5.97 Å². The van der Waals surface area contributed by atoms with Crippen molar-refractivity contribution in [2.75, 3.05) is 12.4 Å². The fraction of sp³-hybridized carbons (Fsp3) is 0.350. The van der Waals surface area contributed by atoms with E-state index in [1.165, 1.54) is 7.11 Å². The van der Waals surface area contributed by atoms with Crippen LogP contribution in [0.3, 0.4) is 0 Å². The second-order valence-electron chi connectivity index (χ2n) is 6.52. The first-order chi connectivity index (χ1) is 11.6. The molecule has 0 aliphatic carbocycles. The van der Waals surface area contributed by atoms with Crippen LogP contribution >= 0.6 is 0 Å². The molecule has 24 heavy (non-hydrogen) atoms. The lowest BCUT2D eigenvalue weighted by atomic mass is 9.97. The highest BCUT2D eigenvalue weighted by Gasteiger charge is 2.24. The third-order valence-electron chi connectivity index (χ3n) is 4.22. The summed E-state index contributed by atoms with van der Waals surface area (Å²) in [7, 11) is 1.43. The van der Waals surface area contributed by atoms with E-state index in [0.29, 0.717) is 12.3 Å². The van der Waals surface area contributed by atoms with Gasteiger partial charge in [-0.05, 0) is 36.1 Å². The molecule has 1 N–H and O–H groups in total. The number of hydrogen-bond acceptors (Lipinski definition) is 4. The maximum atomic E-state index is 12.1. The molecule has 0 unspecified atom stereocenters. The van der Waals surface area contributed by atoms with Gasteiger partial charge in [-0.15, -0.1) is 0 Å². The Bertz CT molecular complexity index is 739. The topological polar surface area (TPSA) is 47.6 Å². The van der Waals surface area contributed by atoms with E-state index >= 15 is 0 Å². The van der Waals surface area contributed by atoms with Gasteiger partial charge in [0.25, 0.3) is 0 Å². The van der Waals surface area contributed by atoms with E-state index in [1.54, 1.807) is 0 Å². The maximum Gasteiger partial charge on any atom is 0.328 e. The first-order valence-electron chi connectivity index (χ1n) is 8.30. The summed E-state index contributed by atoms with van der Waals surface area (Å²) in [6.45, 7) is 4.19. The van der Waals surface area contributed by atoms with Gasteiger partial charge < -0.3 is 14.8 Å². The van der Waals surface area contributed by atoms with E-state index in [0.717, 1.165) is 34.7 Å². The van der Waals surface area contributed by atoms with Gasteiger partial charge in [0.1, 0.15) is 17.5 Å². The SMILES string of the molecule is COC(=O)[C@H](CC(C)C)Nc1cccc2c1Cc1ccccc1O2. The zero-order chi connectivity index (χ0) is 17.1. The van der Waals surface area contributed by atoms with Crippen molar-refractivity contribution < 1.29 is 14.3 Å². The number of esters is 1. The van der Waals surface area contributed by atoms with Gasteiger partial charge in [-0.1, -0.05) is 38.1 Å². The lowest BCUT2D eigenvalue weighted by Crippen LogP contribution is -2.32. The molecule has 0 radical (unpaired) electrons. The Morgan fingerprint density at radius 2 is 1.92 bits per heavy atom. The van der Waals surface area contributed by atoms with Crippen molar-refractivity contribution in [1.82, 2.24) is 0 Å². The van der Waals surface area contributed by atoms with Gasteiger partial charge in [-0.25, -0.2) is 4.79 Å². The number of carbonyl (C=O) groups is 1. The van der Waals surface area contributed by atoms with Crippen LogP contribution in [0.5, 0.6) is 11.5 Å². The molecule has 3 rings (SSSR count). The summed E-state index contributed by atoms with van der Waals surface area (Å²) in [5, 5.41) is 3.37. The molecule has 0 bridgehead atoms. The van der Waals surface area contributed by atoms with Gasteiger partial charge in [0, 0.05) is 17.7 Å². The zero-order valence-electron chi connectivity index (χ0n) is 14.3. The summed E-state index contributed by atoms with van der Waals surface area (Å²) in [6.07, 6.45) is 1.50. The molecule has 0 aromatic heterocycles. The Hall–Kier alpha value is -2.49. The van der Waals surface area contributed by atoms with Crippen LogP contribution in [0.4, 0.5) is 5.69 Å². The van der Waals surface area contributed by atoms with Crippen molar-refractivity contribution in [1.29, 1.82) is 0 Å². The molecule has 0 amide bonds. The molecule has 1 aliphatic rings.